The van der Waals surface area contributed by atoms with Crippen molar-refractivity contribution in [2.45, 2.75) is 19.9 Å². The van der Waals surface area contributed by atoms with Gasteiger partial charge < -0.3 is 10.3 Å². The van der Waals surface area contributed by atoms with Crippen molar-refractivity contribution in [1.29, 1.82) is 0 Å². The van der Waals surface area contributed by atoms with Crippen LogP contribution < -0.4 is 5.32 Å². The predicted octanol–water partition coefficient (Wildman–Crippen LogP) is 1.31. The highest BCUT2D eigenvalue weighted by molar-refractivity contribution is 5.19. The second-order valence-electron chi connectivity index (χ2n) is 3.32. The number of nitrogens with zero attached hydrogens (tertiary/aromatic N) is 1. The zero-order chi connectivity index (χ0) is 8.55. The van der Waals surface area contributed by atoms with E-state index in [1.807, 2.05) is 13.1 Å². The Morgan fingerprint density at radius 2 is 2.33 bits per heavy atom. The molecule has 0 fully saturated rings. The maximum absolute atomic E-state index is 4.27. The molecule has 1 aliphatic rings. The number of imidazole rings is 1. The topological polar surface area (TPSA) is 40.7 Å². The molecule has 1 atom stereocenters. The molecule has 1 aromatic heterocycles. The van der Waals surface area contributed by atoms with Crippen LogP contribution in [0.1, 0.15) is 24.5 Å². The molecule has 1 unspecified atom stereocenters. The Bertz CT molecular complexity index is 311. The fourth-order valence-electron chi connectivity index (χ4n) is 1.44. The van der Waals surface area contributed by atoms with Gasteiger partial charge in [0.05, 0.1) is 6.04 Å². The number of nitrogens with one attached hydrogen (secondary N) is 2. The molecule has 0 radical (unpaired) electrons. The predicted molar refractivity (Wildman–Crippen MR) is 47.8 cm³/mol. The molecular formula is C9H13N3. The molecule has 2 heterocycles. The van der Waals surface area contributed by atoms with E-state index >= 15 is 0 Å². The first-order valence-electron chi connectivity index (χ1n) is 4.18. The van der Waals surface area contributed by atoms with Crippen LogP contribution in [-0.4, -0.2) is 16.5 Å². The van der Waals surface area contributed by atoms with Gasteiger partial charge in [0, 0.05) is 18.4 Å². The van der Waals surface area contributed by atoms with E-state index in [0.717, 1.165) is 18.1 Å². The van der Waals surface area contributed by atoms with Crippen molar-refractivity contribution in [2.24, 2.45) is 0 Å². The van der Waals surface area contributed by atoms with Crippen molar-refractivity contribution in [2.75, 3.05) is 6.54 Å². The average molecular weight is 163 g/mol. The van der Waals surface area contributed by atoms with Crippen LogP contribution in [0.25, 0.3) is 0 Å². The molecular weight excluding hydrogens is 150 g/mol. The molecule has 0 bridgehead atoms. The SMILES string of the molecule is CC1=CC(c2ncc(C)[nH]2)NC1. The molecule has 0 saturated heterocycles. The third kappa shape index (κ3) is 1.28. The summed E-state index contributed by atoms with van der Waals surface area (Å²) in [6, 6.07) is 0.290. The lowest BCUT2D eigenvalue weighted by molar-refractivity contribution is 0.672. The Labute approximate surface area is 71.9 Å². The Morgan fingerprint density at radius 1 is 1.50 bits per heavy atom. The fourth-order valence-corrected chi connectivity index (χ4v) is 1.44. The van der Waals surface area contributed by atoms with Crippen LogP contribution in [0.5, 0.6) is 0 Å². The largest absolute Gasteiger partial charge is 0.345 e. The molecule has 0 saturated carbocycles. The number of hydrogen-bond donors (Lipinski definition) is 2. The molecule has 3 heteroatoms. The molecule has 0 spiro atoms. The normalized spacial score (nSPS) is 22.8. The standard InChI is InChI=1S/C9H13N3/c1-6-3-8(10-4-6)9-11-5-7(2)12-9/h3,5,8,10H,4H2,1-2H3,(H,11,12). The number of aromatic amines is 1. The van der Waals surface area contributed by atoms with Crippen LogP contribution in [0.4, 0.5) is 0 Å². The summed E-state index contributed by atoms with van der Waals surface area (Å²) in [5, 5.41) is 3.35. The highest BCUT2D eigenvalue weighted by Crippen LogP contribution is 2.17. The molecule has 1 aliphatic heterocycles. The van der Waals surface area contributed by atoms with E-state index < -0.39 is 0 Å². The van der Waals surface area contributed by atoms with Crippen molar-refractivity contribution in [3.05, 3.63) is 29.4 Å². The maximum Gasteiger partial charge on any atom is 0.127 e. The summed E-state index contributed by atoms with van der Waals surface area (Å²) >= 11 is 0. The number of H-pyrrole nitrogens is 1. The van der Waals surface area contributed by atoms with Crippen LogP contribution >= 0.6 is 0 Å². The van der Waals surface area contributed by atoms with E-state index in [1.54, 1.807) is 0 Å². The lowest BCUT2D eigenvalue weighted by Crippen LogP contribution is -2.15. The summed E-state index contributed by atoms with van der Waals surface area (Å²) in [5.74, 6) is 1.02. The van der Waals surface area contributed by atoms with Gasteiger partial charge in [-0.3, -0.25) is 0 Å². The molecule has 0 amide bonds. The molecule has 0 aromatic carbocycles. The quantitative estimate of drug-likeness (QED) is 0.613. The fraction of sp³-hybridized carbons (Fsp3) is 0.444. The molecule has 2 rings (SSSR count). The van der Waals surface area contributed by atoms with Gasteiger partial charge in [0.2, 0.25) is 0 Å². The first-order chi connectivity index (χ1) is 5.75. The number of hydrogen-bond acceptors (Lipinski definition) is 2. The number of aryl methyl sites for hydroxylation is 1. The minimum absolute atomic E-state index is 0.290. The van der Waals surface area contributed by atoms with Crippen LogP contribution in [0.2, 0.25) is 0 Å². The highest BCUT2D eigenvalue weighted by atomic mass is 15.0. The monoisotopic (exact) mass is 163 g/mol. The van der Waals surface area contributed by atoms with E-state index in [2.05, 4.69) is 28.3 Å². The van der Waals surface area contributed by atoms with E-state index in [9.17, 15) is 0 Å². The van der Waals surface area contributed by atoms with Gasteiger partial charge in [-0.25, -0.2) is 4.98 Å². The Morgan fingerprint density at radius 3 is 2.83 bits per heavy atom. The van der Waals surface area contributed by atoms with Crippen molar-refractivity contribution in [3.63, 3.8) is 0 Å². The zero-order valence-corrected chi connectivity index (χ0v) is 7.39. The van der Waals surface area contributed by atoms with Gasteiger partial charge in [0.25, 0.3) is 0 Å². The molecule has 12 heavy (non-hydrogen) atoms. The molecule has 2 N–H and O–H groups in total. The van der Waals surface area contributed by atoms with Crippen molar-refractivity contribution >= 4 is 0 Å². The smallest absolute Gasteiger partial charge is 0.127 e. The van der Waals surface area contributed by atoms with E-state index in [4.69, 9.17) is 0 Å². The molecule has 0 aliphatic carbocycles. The van der Waals surface area contributed by atoms with Crippen molar-refractivity contribution < 1.29 is 0 Å². The van der Waals surface area contributed by atoms with Gasteiger partial charge in [-0.15, -0.1) is 0 Å². The maximum atomic E-state index is 4.27. The Kier molecular flexibility index (Phi) is 1.73. The molecule has 1 aromatic rings. The van der Waals surface area contributed by atoms with Crippen LogP contribution in [0, 0.1) is 6.92 Å². The lowest BCUT2D eigenvalue weighted by Gasteiger charge is -2.03. The van der Waals surface area contributed by atoms with Gasteiger partial charge >= 0.3 is 0 Å². The van der Waals surface area contributed by atoms with Crippen LogP contribution in [-0.2, 0) is 0 Å². The summed E-state index contributed by atoms with van der Waals surface area (Å²) in [7, 11) is 0. The molecule has 64 valence electrons. The third-order valence-corrected chi connectivity index (χ3v) is 2.07. The van der Waals surface area contributed by atoms with E-state index in [-0.39, 0.29) is 0 Å². The lowest BCUT2D eigenvalue weighted by atomic mass is 10.2. The average Bonchev–Trinajstić information content (AvgIpc) is 2.58. The minimum Gasteiger partial charge on any atom is -0.345 e. The zero-order valence-electron chi connectivity index (χ0n) is 7.39. The van der Waals surface area contributed by atoms with Gasteiger partial charge in [0.1, 0.15) is 5.82 Å². The van der Waals surface area contributed by atoms with Crippen molar-refractivity contribution in [1.82, 2.24) is 15.3 Å². The van der Waals surface area contributed by atoms with Gasteiger partial charge in [-0.2, -0.15) is 0 Å². The Balaban J connectivity index is 2.21. The summed E-state index contributed by atoms with van der Waals surface area (Å²) in [6.07, 6.45) is 4.07. The first kappa shape index (κ1) is 7.55. The summed E-state index contributed by atoms with van der Waals surface area (Å²) in [6.45, 7) is 5.12. The Hall–Kier alpha value is -1.09. The summed E-state index contributed by atoms with van der Waals surface area (Å²) in [5.41, 5.74) is 2.50. The van der Waals surface area contributed by atoms with E-state index in [1.165, 1.54) is 5.57 Å². The van der Waals surface area contributed by atoms with Crippen LogP contribution in [0.15, 0.2) is 17.8 Å². The van der Waals surface area contributed by atoms with Gasteiger partial charge in [0.15, 0.2) is 0 Å². The van der Waals surface area contributed by atoms with Gasteiger partial charge in [-0.1, -0.05) is 11.6 Å². The van der Waals surface area contributed by atoms with Gasteiger partial charge in [-0.05, 0) is 13.8 Å². The second kappa shape index (κ2) is 2.75. The highest BCUT2D eigenvalue weighted by Gasteiger charge is 2.16. The summed E-state index contributed by atoms with van der Waals surface area (Å²) < 4.78 is 0. The second-order valence-corrected chi connectivity index (χ2v) is 3.32. The van der Waals surface area contributed by atoms with E-state index in [0.29, 0.717) is 6.04 Å². The number of rotatable bonds is 1. The van der Waals surface area contributed by atoms with Crippen LogP contribution in [0.3, 0.4) is 0 Å². The third-order valence-electron chi connectivity index (χ3n) is 2.07. The molecule has 3 nitrogen and oxygen atoms in total. The number of aromatic nitrogens is 2. The summed E-state index contributed by atoms with van der Waals surface area (Å²) in [4.78, 5) is 7.49. The minimum atomic E-state index is 0.290. The van der Waals surface area contributed by atoms with Crippen molar-refractivity contribution in [3.8, 4) is 0 Å². The first-order valence-corrected chi connectivity index (χ1v) is 4.18.